The number of aromatic nitrogens is 2. The van der Waals surface area contributed by atoms with E-state index in [1.807, 2.05) is 53.4 Å². The number of hydrogen-bond donors (Lipinski definition) is 2. The molecule has 118 valence electrons. The van der Waals surface area contributed by atoms with E-state index in [1.165, 1.54) is 0 Å². The Morgan fingerprint density at radius 1 is 1.22 bits per heavy atom. The van der Waals surface area contributed by atoms with E-state index in [1.54, 1.807) is 11.3 Å². The van der Waals surface area contributed by atoms with Crippen molar-refractivity contribution in [1.82, 2.24) is 15.1 Å². The Balaban J connectivity index is 1.52. The third-order valence-electron chi connectivity index (χ3n) is 3.40. The molecule has 3 aromatic rings. The van der Waals surface area contributed by atoms with Crippen molar-refractivity contribution in [3.8, 4) is 10.6 Å². The second kappa shape index (κ2) is 7.11. The van der Waals surface area contributed by atoms with E-state index in [2.05, 4.69) is 27.9 Å². The normalized spacial score (nSPS) is 10.5. The average Bonchev–Trinajstić information content (AvgIpc) is 3.18. The summed E-state index contributed by atoms with van der Waals surface area (Å²) in [5.41, 5.74) is 2.84. The number of hydrogen-bond acceptors (Lipinski definition) is 3. The zero-order valence-electron chi connectivity index (χ0n) is 12.8. The first kappa shape index (κ1) is 15.3. The first-order chi connectivity index (χ1) is 11.2. The Labute approximate surface area is 139 Å². The van der Waals surface area contributed by atoms with Crippen LogP contribution in [0.4, 0.5) is 10.5 Å². The summed E-state index contributed by atoms with van der Waals surface area (Å²) < 4.78 is 1.91. The standard InChI is InChI=1S/C17H18N4OS/c1-13-12-15(16-8-5-11-23-16)20-21(13)10-9-18-17(22)19-14-6-3-2-4-7-14/h2-8,11-12H,9-10H2,1H3,(H2,18,19,22). The number of urea groups is 1. The van der Waals surface area contributed by atoms with Crippen LogP contribution in [0.25, 0.3) is 10.6 Å². The highest BCUT2D eigenvalue weighted by Crippen LogP contribution is 2.23. The monoisotopic (exact) mass is 326 g/mol. The first-order valence-electron chi connectivity index (χ1n) is 7.40. The fourth-order valence-corrected chi connectivity index (χ4v) is 2.93. The van der Waals surface area contributed by atoms with E-state index in [-0.39, 0.29) is 6.03 Å². The minimum atomic E-state index is -0.209. The lowest BCUT2D eigenvalue weighted by Gasteiger charge is -2.08. The van der Waals surface area contributed by atoms with E-state index in [0.717, 1.165) is 22.0 Å². The van der Waals surface area contributed by atoms with Crippen LogP contribution in [0.1, 0.15) is 5.69 Å². The van der Waals surface area contributed by atoms with Crippen LogP contribution in [0.15, 0.2) is 53.9 Å². The molecular weight excluding hydrogens is 308 g/mol. The van der Waals surface area contributed by atoms with Crippen molar-refractivity contribution < 1.29 is 4.79 Å². The van der Waals surface area contributed by atoms with Crippen molar-refractivity contribution >= 4 is 23.1 Å². The van der Waals surface area contributed by atoms with Gasteiger partial charge in [0.15, 0.2) is 0 Å². The number of anilines is 1. The van der Waals surface area contributed by atoms with Crippen molar-refractivity contribution in [2.75, 3.05) is 11.9 Å². The summed E-state index contributed by atoms with van der Waals surface area (Å²) in [4.78, 5) is 13.0. The van der Waals surface area contributed by atoms with Crippen LogP contribution in [-0.4, -0.2) is 22.4 Å². The number of carbonyl (C=O) groups excluding carboxylic acids is 1. The largest absolute Gasteiger partial charge is 0.336 e. The summed E-state index contributed by atoms with van der Waals surface area (Å²) >= 11 is 1.67. The lowest BCUT2D eigenvalue weighted by molar-refractivity contribution is 0.251. The number of para-hydroxylation sites is 1. The number of benzene rings is 1. The highest BCUT2D eigenvalue weighted by Gasteiger charge is 2.07. The van der Waals surface area contributed by atoms with Gasteiger partial charge in [-0.1, -0.05) is 24.3 Å². The van der Waals surface area contributed by atoms with Crippen molar-refractivity contribution in [3.63, 3.8) is 0 Å². The molecule has 0 saturated carbocycles. The van der Waals surface area contributed by atoms with E-state index in [9.17, 15) is 4.79 Å². The number of amides is 2. The number of thiophene rings is 1. The van der Waals surface area contributed by atoms with Crippen molar-refractivity contribution in [2.24, 2.45) is 0 Å². The molecule has 3 rings (SSSR count). The van der Waals surface area contributed by atoms with Gasteiger partial charge in [-0.2, -0.15) is 5.10 Å². The molecule has 23 heavy (non-hydrogen) atoms. The molecule has 2 N–H and O–H groups in total. The van der Waals surface area contributed by atoms with E-state index in [0.29, 0.717) is 13.1 Å². The summed E-state index contributed by atoms with van der Waals surface area (Å²) in [6.45, 7) is 3.18. The second-order valence-corrected chi connectivity index (χ2v) is 6.07. The third-order valence-corrected chi connectivity index (χ3v) is 4.29. The minimum Gasteiger partial charge on any atom is -0.336 e. The maximum atomic E-state index is 11.8. The van der Waals surface area contributed by atoms with E-state index < -0.39 is 0 Å². The Morgan fingerprint density at radius 2 is 2.04 bits per heavy atom. The van der Waals surface area contributed by atoms with Gasteiger partial charge in [0.05, 0.1) is 11.4 Å². The maximum Gasteiger partial charge on any atom is 0.319 e. The molecule has 0 aliphatic carbocycles. The van der Waals surface area contributed by atoms with Crippen LogP contribution in [0.2, 0.25) is 0 Å². The molecule has 0 spiro atoms. The summed E-state index contributed by atoms with van der Waals surface area (Å²) in [5.74, 6) is 0. The van der Waals surface area contributed by atoms with Crippen LogP contribution in [0.5, 0.6) is 0 Å². The van der Waals surface area contributed by atoms with Gasteiger partial charge in [0.2, 0.25) is 0 Å². The van der Waals surface area contributed by atoms with Crippen LogP contribution in [0, 0.1) is 6.92 Å². The molecule has 6 heteroatoms. The topological polar surface area (TPSA) is 59.0 Å². The molecule has 0 aliphatic rings. The molecule has 0 aliphatic heterocycles. The Kier molecular flexibility index (Phi) is 4.73. The van der Waals surface area contributed by atoms with E-state index in [4.69, 9.17) is 0 Å². The molecule has 0 atom stereocenters. The molecule has 0 saturated heterocycles. The molecule has 2 aromatic heterocycles. The molecule has 0 radical (unpaired) electrons. The zero-order chi connectivity index (χ0) is 16.1. The number of nitrogens with zero attached hydrogens (tertiary/aromatic N) is 2. The summed E-state index contributed by atoms with van der Waals surface area (Å²) in [6, 6.07) is 15.3. The fraction of sp³-hybridized carbons (Fsp3) is 0.176. The van der Waals surface area contributed by atoms with Crippen LogP contribution in [0.3, 0.4) is 0 Å². The quantitative estimate of drug-likeness (QED) is 0.750. The van der Waals surface area contributed by atoms with Crippen LogP contribution >= 0.6 is 11.3 Å². The zero-order valence-corrected chi connectivity index (χ0v) is 13.6. The van der Waals surface area contributed by atoms with Gasteiger partial charge in [0.25, 0.3) is 0 Å². The lowest BCUT2D eigenvalue weighted by atomic mass is 10.3. The summed E-state index contributed by atoms with van der Waals surface area (Å²) in [6.07, 6.45) is 0. The Bertz CT molecular complexity index is 765. The molecule has 2 amide bonds. The van der Waals surface area contributed by atoms with Gasteiger partial charge in [-0.15, -0.1) is 11.3 Å². The predicted octanol–water partition coefficient (Wildman–Crippen LogP) is 3.74. The molecule has 0 unspecified atom stereocenters. The van der Waals surface area contributed by atoms with Crippen molar-refractivity contribution in [1.29, 1.82) is 0 Å². The number of rotatable bonds is 5. The first-order valence-corrected chi connectivity index (χ1v) is 8.28. The van der Waals surface area contributed by atoms with Gasteiger partial charge in [-0.25, -0.2) is 4.79 Å². The smallest absolute Gasteiger partial charge is 0.319 e. The van der Waals surface area contributed by atoms with Gasteiger partial charge in [-0.05, 0) is 36.6 Å². The maximum absolute atomic E-state index is 11.8. The Morgan fingerprint density at radius 3 is 2.78 bits per heavy atom. The van der Waals surface area contributed by atoms with Crippen LogP contribution in [-0.2, 0) is 6.54 Å². The highest BCUT2D eigenvalue weighted by molar-refractivity contribution is 7.13. The van der Waals surface area contributed by atoms with E-state index >= 15 is 0 Å². The van der Waals surface area contributed by atoms with Gasteiger partial charge in [-0.3, -0.25) is 4.68 Å². The predicted molar refractivity (Wildman–Crippen MR) is 93.7 cm³/mol. The van der Waals surface area contributed by atoms with Crippen molar-refractivity contribution in [3.05, 3.63) is 59.6 Å². The third kappa shape index (κ3) is 3.98. The van der Waals surface area contributed by atoms with Gasteiger partial charge in [0.1, 0.15) is 5.69 Å². The van der Waals surface area contributed by atoms with Gasteiger partial charge >= 0.3 is 6.03 Å². The van der Waals surface area contributed by atoms with Gasteiger partial charge < -0.3 is 10.6 Å². The summed E-state index contributed by atoms with van der Waals surface area (Å²) in [5, 5.41) is 12.3. The molecular formula is C17H18N4OS. The second-order valence-electron chi connectivity index (χ2n) is 5.12. The van der Waals surface area contributed by atoms with Gasteiger partial charge in [0, 0.05) is 17.9 Å². The number of aryl methyl sites for hydroxylation is 1. The molecule has 5 nitrogen and oxygen atoms in total. The molecule has 0 fully saturated rings. The molecule has 2 heterocycles. The highest BCUT2D eigenvalue weighted by atomic mass is 32.1. The van der Waals surface area contributed by atoms with Crippen LogP contribution < -0.4 is 10.6 Å². The SMILES string of the molecule is Cc1cc(-c2cccs2)nn1CCNC(=O)Nc1ccccc1. The fourth-order valence-electron chi connectivity index (χ4n) is 2.25. The molecule has 0 bridgehead atoms. The summed E-state index contributed by atoms with van der Waals surface area (Å²) in [7, 11) is 0. The Hall–Kier alpha value is -2.60. The number of nitrogens with one attached hydrogen (secondary N) is 2. The van der Waals surface area contributed by atoms with Crippen molar-refractivity contribution in [2.45, 2.75) is 13.5 Å². The molecule has 1 aromatic carbocycles. The lowest BCUT2D eigenvalue weighted by Crippen LogP contribution is -2.31. The number of carbonyl (C=O) groups is 1. The minimum absolute atomic E-state index is 0.209. The average molecular weight is 326 g/mol.